The van der Waals surface area contributed by atoms with Crippen LogP contribution in [0.2, 0.25) is 0 Å². The first-order chi connectivity index (χ1) is 7.25. The Kier molecular flexibility index (Phi) is 4.64. The van der Waals surface area contributed by atoms with Gasteiger partial charge in [-0.15, -0.1) is 12.3 Å². The number of nitrogens with one attached hydrogen (secondary N) is 2. The Morgan fingerprint density at radius 3 is 3.00 bits per heavy atom. The van der Waals surface area contributed by atoms with Crippen LogP contribution in [0.15, 0.2) is 0 Å². The maximum Gasteiger partial charge on any atom is 0.227 e. The summed E-state index contributed by atoms with van der Waals surface area (Å²) in [4.78, 5) is 12.0. The summed E-state index contributed by atoms with van der Waals surface area (Å²) in [5.41, 5.74) is -0.202. The van der Waals surface area contributed by atoms with Gasteiger partial charge in [0.1, 0.15) is 0 Å². The molecule has 1 amide bonds. The first kappa shape index (κ1) is 12.1. The van der Waals surface area contributed by atoms with Crippen LogP contribution in [-0.4, -0.2) is 25.5 Å². The van der Waals surface area contributed by atoms with Crippen molar-refractivity contribution in [2.24, 2.45) is 5.41 Å². The van der Waals surface area contributed by atoms with Crippen molar-refractivity contribution in [1.29, 1.82) is 0 Å². The average molecular weight is 208 g/mol. The number of hydrogen-bond acceptors (Lipinski definition) is 2. The highest BCUT2D eigenvalue weighted by Gasteiger charge is 2.37. The molecule has 1 aliphatic heterocycles. The third-order valence-electron chi connectivity index (χ3n) is 3.19. The highest BCUT2D eigenvalue weighted by molar-refractivity contribution is 5.83. The zero-order valence-corrected chi connectivity index (χ0v) is 9.44. The quantitative estimate of drug-likeness (QED) is 0.532. The molecule has 15 heavy (non-hydrogen) atoms. The predicted molar refractivity (Wildman–Crippen MR) is 61.3 cm³/mol. The lowest BCUT2D eigenvalue weighted by molar-refractivity contribution is -0.132. The summed E-state index contributed by atoms with van der Waals surface area (Å²) in [5.74, 6) is 2.69. The number of carbonyl (C=O) groups is 1. The topological polar surface area (TPSA) is 41.1 Å². The maximum atomic E-state index is 12.0. The minimum Gasteiger partial charge on any atom is -0.355 e. The van der Waals surface area contributed by atoms with Gasteiger partial charge in [0, 0.05) is 19.5 Å². The lowest BCUT2D eigenvalue weighted by Crippen LogP contribution is -2.50. The van der Waals surface area contributed by atoms with Crippen molar-refractivity contribution in [2.75, 3.05) is 19.6 Å². The van der Waals surface area contributed by atoms with Gasteiger partial charge in [0.25, 0.3) is 0 Å². The van der Waals surface area contributed by atoms with Crippen LogP contribution in [-0.2, 0) is 4.79 Å². The molecule has 84 valence electrons. The third kappa shape index (κ3) is 2.97. The molecule has 0 bridgehead atoms. The summed E-state index contributed by atoms with van der Waals surface area (Å²) >= 11 is 0. The molecule has 0 aromatic heterocycles. The Hall–Kier alpha value is -1.01. The first-order valence-electron chi connectivity index (χ1n) is 5.67. The number of hydrogen-bond donors (Lipinski definition) is 2. The van der Waals surface area contributed by atoms with Crippen molar-refractivity contribution in [3.63, 3.8) is 0 Å². The van der Waals surface area contributed by atoms with Crippen molar-refractivity contribution in [2.45, 2.75) is 32.6 Å². The van der Waals surface area contributed by atoms with E-state index in [1.54, 1.807) is 0 Å². The van der Waals surface area contributed by atoms with E-state index >= 15 is 0 Å². The van der Waals surface area contributed by atoms with E-state index in [1.165, 1.54) is 0 Å². The predicted octanol–water partition coefficient (Wildman–Crippen LogP) is 0.906. The second-order valence-corrected chi connectivity index (χ2v) is 4.12. The molecule has 3 heteroatoms. The Morgan fingerprint density at radius 2 is 2.47 bits per heavy atom. The Bertz CT molecular complexity index is 249. The monoisotopic (exact) mass is 208 g/mol. The van der Waals surface area contributed by atoms with Gasteiger partial charge in [-0.2, -0.15) is 0 Å². The molecule has 3 nitrogen and oxygen atoms in total. The van der Waals surface area contributed by atoms with Gasteiger partial charge in [0.15, 0.2) is 0 Å². The minimum absolute atomic E-state index is 0.160. The van der Waals surface area contributed by atoms with Gasteiger partial charge < -0.3 is 10.6 Å². The fraction of sp³-hybridized carbons (Fsp3) is 0.750. The van der Waals surface area contributed by atoms with Crippen molar-refractivity contribution in [1.82, 2.24) is 10.6 Å². The van der Waals surface area contributed by atoms with E-state index in [-0.39, 0.29) is 11.3 Å². The summed E-state index contributed by atoms with van der Waals surface area (Å²) in [6.45, 7) is 4.50. The SMILES string of the molecule is C#CCCNC(=O)C1(CC)CCCNC1. The molecule has 0 aliphatic carbocycles. The van der Waals surface area contributed by atoms with Crippen LogP contribution in [0, 0.1) is 17.8 Å². The molecular weight excluding hydrogens is 188 g/mol. The van der Waals surface area contributed by atoms with Crippen LogP contribution in [0.25, 0.3) is 0 Å². The summed E-state index contributed by atoms with van der Waals surface area (Å²) in [7, 11) is 0. The standard InChI is InChI=1S/C12H20N2O/c1-3-5-9-14-11(15)12(4-2)7-6-8-13-10-12/h1,13H,4-10H2,2H3,(H,14,15). The zero-order valence-electron chi connectivity index (χ0n) is 9.44. The fourth-order valence-electron chi connectivity index (χ4n) is 2.06. The Labute approximate surface area is 92.0 Å². The van der Waals surface area contributed by atoms with E-state index in [0.29, 0.717) is 13.0 Å². The second kappa shape index (κ2) is 5.77. The van der Waals surface area contributed by atoms with Crippen LogP contribution >= 0.6 is 0 Å². The highest BCUT2D eigenvalue weighted by Crippen LogP contribution is 2.29. The largest absolute Gasteiger partial charge is 0.355 e. The van der Waals surface area contributed by atoms with Crippen LogP contribution in [0.3, 0.4) is 0 Å². The highest BCUT2D eigenvalue weighted by atomic mass is 16.2. The van der Waals surface area contributed by atoms with Crippen molar-refractivity contribution in [3.8, 4) is 12.3 Å². The van der Waals surface area contributed by atoms with E-state index in [2.05, 4.69) is 23.5 Å². The molecule has 1 fully saturated rings. The number of amides is 1. The molecule has 0 saturated carbocycles. The van der Waals surface area contributed by atoms with Gasteiger partial charge in [0.2, 0.25) is 5.91 Å². The number of piperidine rings is 1. The summed E-state index contributed by atoms with van der Waals surface area (Å²) < 4.78 is 0. The summed E-state index contributed by atoms with van der Waals surface area (Å²) in [5, 5.41) is 6.22. The lowest BCUT2D eigenvalue weighted by atomic mass is 9.77. The second-order valence-electron chi connectivity index (χ2n) is 4.12. The average Bonchev–Trinajstić information content (AvgIpc) is 2.30. The molecule has 0 radical (unpaired) electrons. The molecule has 1 rings (SSSR count). The molecule has 0 aromatic carbocycles. The molecule has 1 atom stereocenters. The lowest BCUT2D eigenvalue weighted by Gasteiger charge is -2.35. The van der Waals surface area contributed by atoms with Gasteiger partial charge in [-0.05, 0) is 25.8 Å². The van der Waals surface area contributed by atoms with Gasteiger partial charge in [-0.1, -0.05) is 6.92 Å². The zero-order chi connectivity index (χ0) is 11.1. The Balaban J connectivity index is 2.49. The van der Waals surface area contributed by atoms with E-state index in [9.17, 15) is 4.79 Å². The number of terminal acetylenes is 1. The van der Waals surface area contributed by atoms with Crippen molar-refractivity contribution in [3.05, 3.63) is 0 Å². The normalized spacial score (nSPS) is 25.6. The van der Waals surface area contributed by atoms with Crippen LogP contribution in [0.5, 0.6) is 0 Å². The Morgan fingerprint density at radius 1 is 1.67 bits per heavy atom. The van der Waals surface area contributed by atoms with Gasteiger partial charge in [-0.3, -0.25) is 4.79 Å². The van der Waals surface area contributed by atoms with Crippen LogP contribution < -0.4 is 10.6 Å². The van der Waals surface area contributed by atoms with E-state index in [0.717, 1.165) is 32.4 Å². The molecule has 1 heterocycles. The minimum atomic E-state index is -0.202. The molecule has 1 saturated heterocycles. The fourth-order valence-corrected chi connectivity index (χ4v) is 2.06. The summed E-state index contributed by atoms with van der Waals surface area (Å²) in [6, 6.07) is 0. The maximum absolute atomic E-state index is 12.0. The molecular formula is C12H20N2O. The first-order valence-corrected chi connectivity index (χ1v) is 5.67. The molecule has 0 aromatic rings. The molecule has 1 unspecified atom stereocenters. The third-order valence-corrected chi connectivity index (χ3v) is 3.19. The van der Waals surface area contributed by atoms with Crippen LogP contribution in [0.4, 0.5) is 0 Å². The van der Waals surface area contributed by atoms with Crippen molar-refractivity contribution < 1.29 is 4.79 Å². The summed E-state index contributed by atoms with van der Waals surface area (Å²) in [6.07, 6.45) is 8.71. The van der Waals surface area contributed by atoms with E-state index in [1.807, 2.05) is 0 Å². The van der Waals surface area contributed by atoms with Crippen LogP contribution in [0.1, 0.15) is 32.6 Å². The molecule has 0 spiro atoms. The molecule has 1 aliphatic rings. The molecule has 2 N–H and O–H groups in total. The van der Waals surface area contributed by atoms with E-state index < -0.39 is 0 Å². The van der Waals surface area contributed by atoms with Gasteiger partial charge in [-0.25, -0.2) is 0 Å². The smallest absolute Gasteiger partial charge is 0.227 e. The van der Waals surface area contributed by atoms with E-state index in [4.69, 9.17) is 6.42 Å². The van der Waals surface area contributed by atoms with Crippen molar-refractivity contribution >= 4 is 5.91 Å². The van der Waals surface area contributed by atoms with Gasteiger partial charge >= 0.3 is 0 Å². The van der Waals surface area contributed by atoms with Gasteiger partial charge in [0.05, 0.1) is 5.41 Å². The number of rotatable bonds is 4. The number of carbonyl (C=O) groups excluding carboxylic acids is 1.